The standard InChI is InChI=1S/C14H12F12/c1-7-3-8(2)12(21,22)9(4-7,5(15)16)14(25,26)10(6(17)18,11(7,19)20)13(8,23)24/h5-6H,3-4H2,1-2H3. The van der Waals surface area contributed by atoms with Crippen LogP contribution in [-0.4, -0.2) is 36.5 Å². The minimum absolute atomic E-state index is 0.150. The summed E-state index contributed by atoms with van der Waals surface area (Å²) in [5.41, 5.74) is -18.6. The highest BCUT2D eigenvalue weighted by molar-refractivity contribution is 5.40. The van der Waals surface area contributed by atoms with E-state index in [0.29, 0.717) is 0 Å². The topological polar surface area (TPSA) is 0 Å². The zero-order valence-electron chi connectivity index (χ0n) is 13.1. The average Bonchev–Trinajstić information content (AvgIpc) is 2.38. The molecule has 12 heteroatoms. The van der Waals surface area contributed by atoms with E-state index in [1.807, 2.05) is 0 Å². The Bertz CT molecular complexity index is 654. The number of halogens is 12. The smallest absolute Gasteiger partial charge is 0.209 e. The van der Waals surface area contributed by atoms with Gasteiger partial charge in [-0.25, -0.2) is 52.7 Å². The van der Waals surface area contributed by atoms with Gasteiger partial charge in [-0.05, 0) is 19.8 Å². The molecule has 4 unspecified atom stereocenters. The minimum Gasteiger partial charge on any atom is -0.209 e. The third kappa shape index (κ3) is 1.26. The highest BCUT2D eigenvalue weighted by Gasteiger charge is 3.08. The van der Waals surface area contributed by atoms with Gasteiger partial charge in [0, 0.05) is 5.41 Å². The van der Waals surface area contributed by atoms with Crippen LogP contribution < -0.4 is 0 Å². The van der Waals surface area contributed by atoms with Gasteiger partial charge < -0.3 is 0 Å². The molecule has 4 atom stereocenters. The molecule has 4 bridgehead atoms. The van der Waals surface area contributed by atoms with Crippen molar-refractivity contribution in [1.29, 1.82) is 0 Å². The van der Waals surface area contributed by atoms with Gasteiger partial charge in [0.2, 0.25) is 5.41 Å². The van der Waals surface area contributed by atoms with E-state index in [4.69, 9.17) is 0 Å². The van der Waals surface area contributed by atoms with Crippen LogP contribution in [0.15, 0.2) is 0 Å². The summed E-state index contributed by atoms with van der Waals surface area (Å²) in [4.78, 5) is 0. The molecule has 0 heterocycles. The van der Waals surface area contributed by atoms with Crippen molar-refractivity contribution in [2.75, 3.05) is 0 Å². The lowest BCUT2D eigenvalue weighted by Gasteiger charge is -2.77. The number of hydrogen-bond acceptors (Lipinski definition) is 0. The second-order valence-electron chi connectivity index (χ2n) is 7.92. The molecule has 4 aliphatic rings. The summed E-state index contributed by atoms with van der Waals surface area (Å²) in [6.07, 6.45) is -14.2. The summed E-state index contributed by atoms with van der Waals surface area (Å²) in [6, 6.07) is 0. The maximum atomic E-state index is 14.7. The molecule has 4 aliphatic carbocycles. The molecule has 0 aromatic rings. The quantitative estimate of drug-likeness (QED) is 0.502. The van der Waals surface area contributed by atoms with Gasteiger partial charge in [0.05, 0.1) is 5.41 Å². The molecule has 0 saturated heterocycles. The monoisotopic (exact) mass is 408 g/mol. The Balaban J connectivity index is 2.59. The van der Waals surface area contributed by atoms with Crippen LogP contribution in [0.4, 0.5) is 52.7 Å². The van der Waals surface area contributed by atoms with E-state index in [-0.39, 0.29) is 13.8 Å². The zero-order valence-corrected chi connectivity index (χ0v) is 13.1. The molecule has 0 aromatic heterocycles. The lowest BCUT2D eigenvalue weighted by molar-refractivity contribution is -0.562. The van der Waals surface area contributed by atoms with Gasteiger partial charge in [-0.15, -0.1) is 0 Å². The van der Waals surface area contributed by atoms with Crippen LogP contribution in [0.25, 0.3) is 0 Å². The molecule has 0 aliphatic heterocycles. The summed E-state index contributed by atoms with van der Waals surface area (Å²) in [5.74, 6) is -23.7. The number of hydrogen-bond donors (Lipinski definition) is 0. The normalized spacial score (nSPS) is 49.8. The highest BCUT2D eigenvalue weighted by Crippen LogP contribution is 2.91. The molecule has 0 nitrogen and oxygen atoms in total. The lowest BCUT2D eigenvalue weighted by Crippen LogP contribution is -2.94. The summed E-state index contributed by atoms with van der Waals surface area (Å²) in [6.45, 7) is 0.0996. The van der Waals surface area contributed by atoms with Gasteiger partial charge in [-0.2, -0.15) is 0 Å². The second kappa shape index (κ2) is 4.26. The Kier molecular flexibility index (Phi) is 3.26. The van der Waals surface area contributed by atoms with E-state index in [0.717, 1.165) is 0 Å². The average molecular weight is 408 g/mol. The predicted molar refractivity (Wildman–Crippen MR) is 62.1 cm³/mol. The molecule has 4 fully saturated rings. The van der Waals surface area contributed by atoms with Gasteiger partial charge in [-0.1, -0.05) is 6.92 Å². The minimum atomic E-state index is -6.46. The summed E-state index contributed by atoms with van der Waals surface area (Å²) < 4.78 is 172. The third-order valence-corrected chi connectivity index (χ3v) is 6.86. The van der Waals surface area contributed by atoms with Gasteiger partial charge in [0.15, 0.2) is 5.41 Å². The molecule has 0 aromatic carbocycles. The molecule has 152 valence electrons. The van der Waals surface area contributed by atoms with Crippen molar-refractivity contribution in [1.82, 2.24) is 0 Å². The molecule has 4 rings (SSSR count). The fraction of sp³-hybridized carbons (Fsp3) is 1.00. The van der Waals surface area contributed by atoms with Gasteiger partial charge in [0.1, 0.15) is 0 Å². The van der Waals surface area contributed by atoms with E-state index in [1.165, 1.54) is 0 Å². The lowest BCUT2D eigenvalue weighted by atomic mass is 9.30. The summed E-state index contributed by atoms with van der Waals surface area (Å²) in [5, 5.41) is 0. The first kappa shape index (κ1) is 19.9. The Morgan fingerprint density at radius 1 is 0.577 bits per heavy atom. The molecular formula is C14H12F12. The Hall–Kier alpha value is -0.840. The largest absolute Gasteiger partial charge is 0.287 e. The van der Waals surface area contributed by atoms with E-state index in [9.17, 15) is 52.7 Å². The van der Waals surface area contributed by atoms with Crippen LogP contribution in [0, 0.1) is 21.7 Å². The van der Waals surface area contributed by atoms with Gasteiger partial charge >= 0.3 is 0 Å². The first-order chi connectivity index (χ1) is 11.3. The van der Waals surface area contributed by atoms with Gasteiger partial charge in [-0.3, -0.25) is 0 Å². The number of alkyl halides is 12. The number of rotatable bonds is 2. The van der Waals surface area contributed by atoms with Crippen molar-refractivity contribution < 1.29 is 52.7 Å². The molecule has 0 amide bonds. The first-order valence-corrected chi connectivity index (χ1v) is 7.38. The fourth-order valence-electron chi connectivity index (χ4n) is 5.63. The van der Waals surface area contributed by atoms with Crippen molar-refractivity contribution in [3.63, 3.8) is 0 Å². The first-order valence-electron chi connectivity index (χ1n) is 7.38. The van der Waals surface area contributed by atoms with E-state index >= 15 is 0 Å². The summed E-state index contributed by atoms with van der Waals surface area (Å²) in [7, 11) is 0. The molecule has 26 heavy (non-hydrogen) atoms. The van der Waals surface area contributed by atoms with Crippen LogP contribution in [0.5, 0.6) is 0 Å². The fourth-order valence-corrected chi connectivity index (χ4v) is 5.63. The van der Waals surface area contributed by atoms with Crippen LogP contribution in [-0.2, 0) is 0 Å². The van der Waals surface area contributed by atoms with Crippen molar-refractivity contribution in [2.45, 2.75) is 63.2 Å². The zero-order chi connectivity index (χ0) is 20.6. The Labute approximate surface area is 138 Å². The summed E-state index contributed by atoms with van der Waals surface area (Å²) >= 11 is 0. The molecule has 4 saturated carbocycles. The van der Waals surface area contributed by atoms with Crippen LogP contribution in [0.3, 0.4) is 0 Å². The van der Waals surface area contributed by atoms with Crippen molar-refractivity contribution in [3.05, 3.63) is 0 Å². The maximum absolute atomic E-state index is 14.7. The van der Waals surface area contributed by atoms with Crippen molar-refractivity contribution in [3.8, 4) is 0 Å². The van der Waals surface area contributed by atoms with Crippen LogP contribution >= 0.6 is 0 Å². The highest BCUT2D eigenvalue weighted by atomic mass is 19.3. The molecule has 0 spiro atoms. The van der Waals surface area contributed by atoms with Crippen LogP contribution in [0.2, 0.25) is 0 Å². The van der Waals surface area contributed by atoms with Crippen molar-refractivity contribution >= 4 is 0 Å². The van der Waals surface area contributed by atoms with Crippen LogP contribution in [0.1, 0.15) is 26.7 Å². The predicted octanol–water partition coefficient (Wildman–Crippen LogP) is 5.86. The SMILES string of the molecule is CC12CC3(C)C(F)(F)C(C(F)F)(C1)C(F)(F)C(C(F)F)(C2(F)F)C3(F)F. The third-order valence-electron chi connectivity index (χ3n) is 6.86. The van der Waals surface area contributed by atoms with E-state index < -0.39 is 71.0 Å². The second-order valence-corrected chi connectivity index (χ2v) is 7.92. The Morgan fingerprint density at radius 2 is 1.04 bits per heavy atom. The molecule has 0 radical (unpaired) electrons. The van der Waals surface area contributed by atoms with Gasteiger partial charge in [0.25, 0.3) is 36.5 Å². The molecule has 0 N–H and O–H groups in total. The van der Waals surface area contributed by atoms with E-state index in [2.05, 4.69) is 0 Å². The van der Waals surface area contributed by atoms with E-state index in [1.54, 1.807) is 0 Å². The maximum Gasteiger partial charge on any atom is 0.287 e. The van der Waals surface area contributed by atoms with Crippen molar-refractivity contribution in [2.24, 2.45) is 21.7 Å². The Morgan fingerprint density at radius 3 is 1.42 bits per heavy atom. The molecular weight excluding hydrogens is 396 g/mol.